The molecule has 4 rings (SSSR count). The lowest BCUT2D eigenvalue weighted by Crippen LogP contribution is -2.35. The molecule has 5 nitrogen and oxygen atoms in total. The SMILES string of the molecule is CC(CC(=O)Nc1ccccc1N1CCc2ccccc21)NC(=O)c1ccccc1. The lowest BCUT2D eigenvalue weighted by atomic mass is 10.1. The minimum atomic E-state index is -0.280. The summed E-state index contributed by atoms with van der Waals surface area (Å²) in [5.41, 5.74) is 4.85. The first-order chi connectivity index (χ1) is 14.6. The van der Waals surface area contributed by atoms with Crippen LogP contribution in [0.2, 0.25) is 0 Å². The second kappa shape index (κ2) is 8.82. The Balaban J connectivity index is 1.41. The summed E-state index contributed by atoms with van der Waals surface area (Å²) in [6.45, 7) is 2.72. The molecule has 5 heteroatoms. The van der Waals surface area contributed by atoms with Gasteiger partial charge in [-0.25, -0.2) is 0 Å². The Hall–Kier alpha value is -3.60. The summed E-state index contributed by atoms with van der Waals surface area (Å²) < 4.78 is 0. The summed E-state index contributed by atoms with van der Waals surface area (Å²) in [5, 5.41) is 5.92. The molecule has 0 radical (unpaired) electrons. The van der Waals surface area contributed by atoms with Gasteiger partial charge in [0.2, 0.25) is 5.91 Å². The lowest BCUT2D eigenvalue weighted by molar-refractivity contribution is -0.116. The van der Waals surface area contributed by atoms with Gasteiger partial charge in [-0.15, -0.1) is 0 Å². The maximum Gasteiger partial charge on any atom is 0.251 e. The standard InChI is InChI=1S/C25H25N3O2/c1-18(26-25(30)20-10-3-2-4-11-20)17-24(29)27-21-12-6-8-14-23(21)28-16-15-19-9-5-7-13-22(19)28/h2-14,18H,15-17H2,1H3,(H,26,30)(H,27,29). The number of carbonyl (C=O) groups is 2. The molecule has 0 aromatic heterocycles. The van der Waals surface area contributed by atoms with Crippen LogP contribution in [0.25, 0.3) is 0 Å². The van der Waals surface area contributed by atoms with E-state index in [9.17, 15) is 9.59 Å². The molecule has 0 saturated heterocycles. The van der Waals surface area contributed by atoms with Gasteiger partial charge in [0.1, 0.15) is 0 Å². The van der Waals surface area contributed by atoms with Crippen LogP contribution in [0, 0.1) is 0 Å². The molecule has 0 bridgehead atoms. The molecule has 1 unspecified atom stereocenters. The number of hydrogen-bond donors (Lipinski definition) is 2. The smallest absolute Gasteiger partial charge is 0.251 e. The van der Waals surface area contributed by atoms with Crippen molar-refractivity contribution in [3.05, 3.63) is 90.0 Å². The highest BCUT2D eigenvalue weighted by Gasteiger charge is 2.22. The van der Waals surface area contributed by atoms with Crippen molar-refractivity contribution in [3.63, 3.8) is 0 Å². The molecule has 1 heterocycles. The quantitative estimate of drug-likeness (QED) is 0.640. The van der Waals surface area contributed by atoms with Crippen molar-refractivity contribution in [2.75, 3.05) is 16.8 Å². The Morgan fingerprint density at radius 1 is 0.900 bits per heavy atom. The lowest BCUT2D eigenvalue weighted by Gasteiger charge is -2.23. The molecule has 0 aliphatic carbocycles. The molecule has 1 aliphatic rings. The fourth-order valence-electron chi connectivity index (χ4n) is 3.83. The molecule has 2 amide bonds. The van der Waals surface area contributed by atoms with Crippen molar-refractivity contribution < 1.29 is 9.59 Å². The minimum absolute atomic E-state index is 0.129. The molecule has 1 aliphatic heterocycles. The maximum atomic E-state index is 12.7. The third-order valence-corrected chi connectivity index (χ3v) is 5.26. The molecule has 0 fully saturated rings. The minimum Gasteiger partial charge on any atom is -0.349 e. The van der Waals surface area contributed by atoms with Gasteiger partial charge in [0.15, 0.2) is 0 Å². The molecule has 0 spiro atoms. The van der Waals surface area contributed by atoms with Gasteiger partial charge < -0.3 is 15.5 Å². The van der Waals surface area contributed by atoms with Crippen LogP contribution in [-0.2, 0) is 11.2 Å². The Morgan fingerprint density at radius 2 is 1.57 bits per heavy atom. The van der Waals surface area contributed by atoms with E-state index in [1.165, 1.54) is 11.3 Å². The number of rotatable bonds is 6. The number of amides is 2. The second-order valence-corrected chi connectivity index (χ2v) is 7.54. The number of benzene rings is 3. The predicted molar refractivity (Wildman–Crippen MR) is 120 cm³/mol. The van der Waals surface area contributed by atoms with E-state index in [1.807, 2.05) is 55.5 Å². The number of carbonyl (C=O) groups excluding carboxylic acids is 2. The van der Waals surface area contributed by atoms with Crippen molar-refractivity contribution in [2.45, 2.75) is 25.8 Å². The molecule has 3 aromatic carbocycles. The first kappa shape index (κ1) is 19.7. The van der Waals surface area contributed by atoms with Crippen LogP contribution < -0.4 is 15.5 Å². The van der Waals surface area contributed by atoms with E-state index in [2.05, 4.69) is 33.7 Å². The molecule has 3 aromatic rings. The summed E-state index contributed by atoms with van der Waals surface area (Å²) in [4.78, 5) is 27.2. The monoisotopic (exact) mass is 399 g/mol. The first-order valence-electron chi connectivity index (χ1n) is 10.2. The van der Waals surface area contributed by atoms with Gasteiger partial charge in [0, 0.05) is 30.3 Å². The van der Waals surface area contributed by atoms with E-state index in [0.29, 0.717) is 5.56 Å². The topological polar surface area (TPSA) is 61.4 Å². The Morgan fingerprint density at radius 3 is 2.37 bits per heavy atom. The number of anilines is 3. The number of hydrogen-bond acceptors (Lipinski definition) is 3. The average Bonchev–Trinajstić information content (AvgIpc) is 3.18. The Bertz CT molecular complexity index is 1050. The van der Waals surface area contributed by atoms with Gasteiger partial charge in [-0.1, -0.05) is 48.5 Å². The number of nitrogens with one attached hydrogen (secondary N) is 2. The Kier molecular flexibility index (Phi) is 5.80. The second-order valence-electron chi connectivity index (χ2n) is 7.54. The van der Waals surface area contributed by atoms with E-state index in [4.69, 9.17) is 0 Å². The zero-order valence-corrected chi connectivity index (χ0v) is 17.0. The molecule has 30 heavy (non-hydrogen) atoms. The zero-order chi connectivity index (χ0) is 20.9. The van der Waals surface area contributed by atoms with Crippen molar-refractivity contribution in [1.29, 1.82) is 0 Å². The van der Waals surface area contributed by atoms with E-state index in [-0.39, 0.29) is 24.3 Å². The third-order valence-electron chi connectivity index (χ3n) is 5.26. The van der Waals surface area contributed by atoms with Gasteiger partial charge in [-0.2, -0.15) is 0 Å². The van der Waals surface area contributed by atoms with E-state index in [1.54, 1.807) is 12.1 Å². The fraction of sp³-hybridized carbons (Fsp3) is 0.200. The molecule has 152 valence electrons. The van der Waals surface area contributed by atoms with Crippen LogP contribution in [0.4, 0.5) is 17.1 Å². The molecule has 0 saturated carbocycles. The van der Waals surface area contributed by atoms with E-state index < -0.39 is 0 Å². The van der Waals surface area contributed by atoms with Crippen molar-refractivity contribution >= 4 is 28.9 Å². The largest absolute Gasteiger partial charge is 0.349 e. The predicted octanol–water partition coefficient (Wildman–Crippen LogP) is 4.53. The van der Waals surface area contributed by atoms with E-state index in [0.717, 1.165) is 24.3 Å². The van der Waals surface area contributed by atoms with Crippen molar-refractivity contribution in [3.8, 4) is 0 Å². The molecular formula is C25H25N3O2. The van der Waals surface area contributed by atoms with Crippen LogP contribution >= 0.6 is 0 Å². The van der Waals surface area contributed by atoms with Gasteiger partial charge in [0.05, 0.1) is 11.4 Å². The summed E-state index contributed by atoms with van der Waals surface area (Å²) in [7, 11) is 0. The Labute approximate surface area is 176 Å². The number of nitrogens with zero attached hydrogens (tertiary/aromatic N) is 1. The number of fused-ring (bicyclic) bond motifs is 1. The van der Waals surface area contributed by atoms with Crippen LogP contribution in [0.1, 0.15) is 29.3 Å². The summed E-state index contributed by atoms with van der Waals surface area (Å²) in [6, 6.07) is 24.9. The highest BCUT2D eigenvalue weighted by molar-refractivity contribution is 5.97. The van der Waals surface area contributed by atoms with Gasteiger partial charge in [-0.3, -0.25) is 9.59 Å². The highest BCUT2D eigenvalue weighted by atomic mass is 16.2. The first-order valence-corrected chi connectivity index (χ1v) is 10.2. The summed E-state index contributed by atoms with van der Waals surface area (Å²) >= 11 is 0. The van der Waals surface area contributed by atoms with Gasteiger partial charge in [-0.05, 0) is 49.2 Å². The van der Waals surface area contributed by atoms with E-state index >= 15 is 0 Å². The van der Waals surface area contributed by atoms with Gasteiger partial charge >= 0.3 is 0 Å². The molecule has 2 N–H and O–H groups in total. The summed E-state index contributed by atoms with van der Waals surface area (Å²) in [5.74, 6) is -0.305. The van der Waals surface area contributed by atoms with Crippen molar-refractivity contribution in [1.82, 2.24) is 5.32 Å². The summed E-state index contributed by atoms with van der Waals surface area (Å²) in [6.07, 6.45) is 1.19. The highest BCUT2D eigenvalue weighted by Crippen LogP contribution is 2.38. The normalized spacial score (nSPS) is 13.4. The van der Waals surface area contributed by atoms with Crippen molar-refractivity contribution in [2.24, 2.45) is 0 Å². The zero-order valence-electron chi connectivity index (χ0n) is 17.0. The van der Waals surface area contributed by atoms with Crippen LogP contribution in [0.3, 0.4) is 0 Å². The number of para-hydroxylation sites is 3. The molecular weight excluding hydrogens is 374 g/mol. The maximum absolute atomic E-state index is 12.7. The molecule has 1 atom stereocenters. The van der Waals surface area contributed by atoms with Gasteiger partial charge in [0.25, 0.3) is 5.91 Å². The fourth-order valence-corrected chi connectivity index (χ4v) is 3.83. The van der Waals surface area contributed by atoms with Crippen LogP contribution in [0.5, 0.6) is 0 Å². The third kappa shape index (κ3) is 4.35. The average molecular weight is 399 g/mol. The van der Waals surface area contributed by atoms with Crippen LogP contribution in [-0.4, -0.2) is 24.4 Å². The van der Waals surface area contributed by atoms with Crippen LogP contribution in [0.15, 0.2) is 78.9 Å².